The molecule has 0 N–H and O–H groups in total. The van der Waals surface area contributed by atoms with E-state index in [9.17, 15) is 4.39 Å². The highest BCUT2D eigenvalue weighted by Crippen LogP contribution is 2.11. The summed E-state index contributed by atoms with van der Waals surface area (Å²) in [5, 5.41) is 8.07. The van der Waals surface area contributed by atoms with Gasteiger partial charge in [-0.25, -0.2) is 4.39 Å². The summed E-state index contributed by atoms with van der Waals surface area (Å²) in [5.74, 6) is -0.148. The highest BCUT2D eigenvalue weighted by molar-refractivity contribution is 5.24. The van der Waals surface area contributed by atoms with Crippen LogP contribution in [0.3, 0.4) is 0 Å². The van der Waals surface area contributed by atoms with E-state index in [4.69, 9.17) is 0 Å². The van der Waals surface area contributed by atoms with E-state index in [-0.39, 0.29) is 5.82 Å². The number of benzene rings is 1. The largest absolute Gasteiger partial charge is 0.253 e. The number of rotatable bonds is 4. The van der Waals surface area contributed by atoms with Crippen LogP contribution < -0.4 is 0 Å². The predicted molar refractivity (Wildman–Crippen MR) is 64.2 cm³/mol. The van der Waals surface area contributed by atoms with Crippen LogP contribution >= 0.6 is 0 Å². The minimum Gasteiger partial charge on any atom is -0.253 e. The summed E-state index contributed by atoms with van der Waals surface area (Å²) in [5.41, 5.74) is 2.81. The van der Waals surface area contributed by atoms with Gasteiger partial charge in [-0.2, -0.15) is 0 Å². The van der Waals surface area contributed by atoms with Crippen molar-refractivity contribution in [3.8, 4) is 0 Å². The van der Waals surface area contributed by atoms with Crippen LogP contribution in [-0.4, -0.2) is 15.0 Å². The van der Waals surface area contributed by atoms with Crippen LogP contribution in [0.5, 0.6) is 0 Å². The van der Waals surface area contributed by atoms with Gasteiger partial charge in [0.25, 0.3) is 0 Å². The molecule has 0 aliphatic heterocycles. The van der Waals surface area contributed by atoms with Gasteiger partial charge in [0, 0.05) is 12.7 Å². The van der Waals surface area contributed by atoms with Gasteiger partial charge in [0.2, 0.25) is 0 Å². The number of halogens is 1. The molecule has 2 aromatic rings. The second-order valence-electron chi connectivity index (χ2n) is 4.15. The first kappa shape index (κ1) is 11.8. The summed E-state index contributed by atoms with van der Waals surface area (Å²) in [6.45, 7) is 4.65. The Balaban J connectivity index is 1.99. The van der Waals surface area contributed by atoms with Crippen molar-refractivity contribution in [1.29, 1.82) is 0 Å². The molecule has 2 rings (SSSR count). The van der Waals surface area contributed by atoms with Crippen LogP contribution in [0.25, 0.3) is 0 Å². The molecule has 1 aromatic heterocycles. The molecule has 0 amide bonds. The Kier molecular flexibility index (Phi) is 3.52. The summed E-state index contributed by atoms with van der Waals surface area (Å²) in [7, 11) is 0. The van der Waals surface area contributed by atoms with Crippen molar-refractivity contribution in [1.82, 2.24) is 15.0 Å². The third-order valence-electron chi connectivity index (χ3n) is 2.80. The molecule has 0 aliphatic rings. The van der Waals surface area contributed by atoms with Gasteiger partial charge in [-0.3, -0.25) is 4.68 Å². The highest BCUT2D eigenvalue weighted by atomic mass is 19.1. The molecule has 1 heterocycles. The molecule has 0 aliphatic carbocycles. The first-order valence-corrected chi connectivity index (χ1v) is 5.83. The molecule has 1 aromatic carbocycles. The molecule has 90 valence electrons. The van der Waals surface area contributed by atoms with Gasteiger partial charge < -0.3 is 0 Å². The monoisotopic (exact) mass is 233 g/mol. The van der Waals surface area contributed by atoms with Crippen molar-refractivity contribution < 1.29 is 4.39 Å². The number of aryl methyl sites for hydroxylation is 4. The van der Waals surface area contributed by atoms with Crippen LogP contribution in [0.4, 0.5) is 4.39 Å². The van der Waals surface area contributed by atoms with Crippen LogP contribution in [0.1, 0.15) is 23.7 Å². The van der Waals surface area contributed by atoms with E-state index in [0.29, 0.717) is 5.56 Å². The summed E-state index contributed by atoms with van der Waals surface area (Å²) >= 11 is 0. The van der Waals surface area contributed by atoms with Gasteiger partial charge in [0.15, 0.2) is 0 Å². The molecule has 4 heteroatoms. The lowest BCUT2D eigenvalue weighted by Crippen LogP contribution is -1.94. The smallest absolute Gasteiger partial charge is 0.126 e. The maximum atomic E-state index is 13.1. The number of aromatic nitrogens is 3. The summed E-state index contributed by atoms with van der Waals surface area (Å²) in [4.78, 5) is 0. The second-order valence-corrected chi connectivity index (χ2v) is 4.15. The van der Waals surface area contributed by atoms with E-state index in [1.54, 1.807) is 6.92 Å². The fourth-order valence-electron chi connectivity index (χ4n) is 1.74. The molecule has 0 saturated heterocycles. The Hall–Kier alpha value is -1.71. The SMILES string of the molecule is CCn1cc(CCc2ccc(F)c(C)c2)nn1. The average Bonchev–Trinajstić information content (AvgIpc) is 2.79. The maximum absolute atomic E-state index is 13.1. The standard InChI is InChI=1S/C13H16FN3/c1-3-17-9-12(15-16-17)6-4-11-5-7-13(14)10(2)8-11/h5,7-9H,3-4,6H2,1-2H3. The zero-order chi connectivity index (χ0) is 12.3. The van der Waals surface area contributed by atoms with Gasteiger partial charge in [-0.15, -0.1) is 5.10 Å². The van der Waals surface area contributed by atoms with Crippen molar-refractivity contribution in [3.63, 3.8) is 0 Å². The number of hydrogen-bond acceptors (Lipinski definition) is 2. The van der Waals surface area contributed by atoms with Crippen molar-refractivity contribution in [2.24, 2.45) is 0 Å². The van der Waals surface area contributed by atoms with E-state index < -0.39 is 0 Å². The maximum Gasteiger partial charge on any atom is 0.126 e. The molecular weight excluding hydrogens is 217 g/mol. The minimum atomic E-state index is -0.148. The van der Waals surface area contributed by atoms with Crippen molar-refractivity contribution in [2.45, 2.75) is 33.2 Å². The van der Waals surface area contributed by atoms with E-state index in [1.807, 2.05) is 29.9 Å². The number of hydrogen-bond donors (Lipinski definition) is 0. The van der Waals surface area contributed by atoms with Gasteiger partial charge >= 0.3 is 0 Å². The first-order chi connectivity index (χ1) is 8.19. The Labute approximate surface area is 100 Å². The molecule has 0 fully saturated rings. The molecule has 0 unspecified atom stereocenters. The second kappa shape index (κ2) is 5.08. The fourth-order valence-corrected chi connectivity index (χ4v) is 1.74. The molecular formula is C13H16FN3. The zero-order valence-electron chi connectivity index (χ0n) is 10.2. The van der Waals surface area contributed by atoms with E-state index >= 15 is 0 Å². The summed E-state index contributed by atoms with van der Waals surface area (Å²) < 4.78 is 14.9. The summed E-state index contributed by atoms with van der Waals surface area (Å²) in [6, 6.07) is 5.24. The van der Waals surface area contributed by atoms with Crippen LogP contribution in [0.2, 0.25) is 0 Å². The van der Waals surface area contributed by atoms with Crippen LogP contribution in [0.15, 0.2) is 24.4 Å². The van der Waals surface area contributed by atoms with E-state index in [2.05, 4.69) is 10.3 Å². The predicted octanol–water partition coefficient (Wildman–Crippen LogP) is 2.53. The van der Waals surface area contributed by atoms with Crippen LogP contribution in [-0.2, 0) is 19.4 Å². The van der Waals surface area contributed by atoms with E-state index in [0.717, 1.165) is 30.6 Å². The Morgan fingerprint density at radius 2 is 2.12 bits per heavy atom. The Morgan fingerprint density at radius 3 is 2.76 bits per heavy atom. The third-order valence-corrected chi connectivity index (χ3v) is 2.80. The molecule has 17 heavy (non-hydrogen) atoms. The van der Waals surface area contributed by atoms with Gasteiger partial charge in [0.1, 0.15) is 5.82 Å². The average molecular weight is 233 g/mol. The van der Waals surface area contributed by atoms with Gasteiger partial charge in [-0.1, -0.05) is 17.3 Å². The van der Waals surface area contributed by atoms with Crippen molar-refractivity contribution in [2.75, 3.05) is 0 Å². The Bertz CT molecular complexity index is 505. The quantitative estimate of drug-likeness (QED) is 0.812. The lowest BCUT2D eigenvalue weighted by molar-refractivity contribution is 0.617. The zero-order valence-corrected chi connectivity index (χ0v) is 10.2. The highest BCUT2D eigenvalue weighted by Gasteiger charge is 2.02. The first-order valence-electron chi connectivity index (χ1n) is 5.83. The molecule has 0 spiro atoms. The number of nitrogens with zero attached hydrogens (tertiary/aromatic N) is 3. The van der Waals surface area contributed by atoms with Crippen LogP contribution in [0, 0.1) is 12.7 Å². The normalized spacial score (nSPS) is 10.8. The molecule has 0 bridgehead atoms. The molecule has 0 radical (unpaired) electrons. The molecule has 0 saturated carbocycles. The molecule has 0 atom stereocenters. The topological polar surface area (TPSA) is 30.7 Å². The van der Waals surface area contributed by atoms with E-state index in [1.165, 1.54) is 6.07 Å². The minimum absolute atomic E-state index is 0.148. The fraction of sp³-hybridized carbons (Fsp3) is 0.385. The molecule has 3 nitrogen and oxygen atoms in total. The lowest BCUT2D eigenvalue weighted by atomic mass is 10.1. The lowest BCUT2D eigenvalue weighted by Gasteiger charge is -2.01. The van der Waals surface area contributed by atoms with Crippen molar-refractivity contribution in [3.05, 3.63) is 47.0 Å². The van der Waals surface area contributed by atoms with Gasteiger partial charge in [-0.05, 0) is 43.9 Å². The van der Waals surface area contributed by atoms with Crippen molar-refractivity contribution >= 4 is 0 Å². The van der Waals surface area contributed by atoms with Gasteiger partial charge in [0.05, 0.1) is 5.69 Å². The third kappa shape index (κ3) is 2.90. The Morgan fingerprint density at radius 1 is 1.29 bits per heavy atom. The summed E-state index contributed by atoms with van der Waals surface area (Å²) in [6.07, 6.45) is 3.66.